The van der Waals surface area contributed by atoms with Crippen molar-refractivity contribution in [3.8, 4) is 5.95 Å². The minimum absolute atomic E-state index is 0. The van der Waals surface area contributed by atoms with Gasteiger partial charge in [0.2, 0.25) is 0 Å². The SMILES string of the molecule is COc1[c-]cco1.[Li+]. The monoisotopic (exact) mass is 104 g/mol. The second kappa shape index (κ2) is 3.65. The standard InChI is InChI=1S/C5H5O2.Li/c1-6-5-3-2-4-7-5;/h2,4H,1H3;/q-1;+1. The summed E-state index contributed by atoms with van der Waals surface area (Å²) in [4.78, 5) is 0. The molecular formula is C5H5LiO2. The van der Waals surface area contributed by atoms with Gasteiger partial charge in [-0.25, -0.2) is 0 Å². The second-order valence-electron chi connectivity index (χ2n) is 1.06. The van der Waals surface area contributed by atoms with E-state index in [9.17, 15) is 0 Å². The van der Waals surface area contributed by atoms with Crippen LogP contribution in [-0.4, -0.2) is 7.11 Å². The van der Waals surface area contributed by atoms with Crippen molar-refractivity contribution in [2.45, 2.75) is 0 Å². The summed E-state index contributed by atoms with van der Waals surface area (Å²) in [5, 5.41) is 0. The van der Waals surface area contributed by atoms with Crippen LogP contribution < -0.4 is 23.6 Å². The Bertz CT molecular complexity index is 125. The molecule has 0 atom stereocenters. The number of hydrogen-bond acceptors (Lipinski definition) is 2. The summed E-state index contributed by atoms with van der Waals surface area (Å²) >= 11 is 0. The fourth-order valence-electron chi connectivity index (χ4n) is 0.339. The van der Waals surface area contributed by atoms with Crippen LogP contribution in [0.4, 0.5) is 0 Å². The summed E-state index contributed by atoms with van der Waals surface area (Å²) in [6.45, 7) is 0. The Morgan fingerprint density at radius 3 is 2.75 bits per heavy atom. The predicted molar refractivity (Wildman–Crippen MR) is 24.1 cm³/mol. The van der Waals surface area contributed by atoms with E-state index >= 15 is 0 Å². The van der Waals surface area contributed by atoms with E-state index in [1.54, 1.807) is 6.07 Å². The average molecular weight is 104 g/mol. The van der Waals surface area contributed by atoms with Crippen LogP contribution in [0, 0.1) is 6.07 Å². The van der Waals surface area contributed by atoms with Crippen LogP contribution in [0.25, 0.3) is 0 Å². The van der Waals surface area contributed by atoms with Gasteiger partial charge in [-0.1, -0.05) is 6.26 Å². The van der Waals surface area contributed by atoms with Gasteiger partial charge in [-0.2, -0.15) is 12.1 Å². The maximum Gasteiger partial charge on any atom is 1.00 e. The molecule has 1 aromatic rings. The van der Waals surface area contributed by atoms with Gasteiger partial charge in [-0.15, -0.1) is 0 Å². The van der Waals surface area contributed by atoms with Gasteiger partial charge in [0.05, 0.1) is 7.11 Å². The van der Waals surface area contributed by atoms with Gasteiger partial charge in [-0.05, 0) is 0 Å². The van der Waals surface area contributed by atoms with E-state index in [2.05, 4.69) is 10.8 Å². The van der Waals surface area contributed by atoms with Crippen LogP contribution in [0.1, 0.15) is 0 Å². The van der Waals surface area contributed by atoms with Crippen LogP contribution in [0.15, 0.2) is 16.7 Å². The topological polar surface area (TPSA) is 22.4 Å². The molecule has 0 aliphatic rings. The number of furan rings is 1. The minimum Gasteiger partial charge on any atom is -0.542 e. The maximum atomic E-state index is 4.70. The Labute approximate surface area is 60.0 Å². The number of methoxy groups -OCH3 is 1. The van der Waals surface area contributed by atoms with E-state index < -0.39 is 0 Å². The molecule has 0 aliphatic carbocycles. The van der Waals surface area contributed by atoms with Crippen molar-refractivity contribution < 1.29 is 28.0 Å². The molecule has 8 heavy (non-hydrogen) atoms. The molecule has 0 spiro atoms. The number of ether oxygens (including phenoxy) is 1. The summed E-state index contributed by atoms with van der Waals surface area (Å²) in [7, 11) is 1.54. The van der Waals surface area contributed by atoms with Crippen molar-refractivity contribution in [1.82, 2.24) is 0 Å². The van der Waals surface area contributed by atoms with Gasteiger partial charge in [-0.3, -0.25) is 0 Å². The Kier molecular flexibility index (Phi) is 3.50. The van der Waals surface area contributed by atoms with Crippen molar-refractivity contribution >= 4 is 0 Å². The van der Waals surface area contributed by atoms with Gasteiger partial charge in [0.15, 0.2) is 5.95 Å². The largest absolute Gasteiger partial charge is 1.00 e. The van der Waals surface area contributed by atoms with Crippen LogP contribution in [0.2, 0.25) is 0 Å². The molecule has 1 rings (SSSR count). The van der Waals surface area contributed by atoms with Crippen molar-refractivity contribution in [1.29, 1.82) is 0 Å². The van der Waals surface area contributed by atoms with Crippen LogP contribution in [0.5, 0.6) is 5.95 Å². The molecule has 0 aliphatic heterocycles. The molecule has 0 saturated carbocycles. The van der Waals surface area contributed by atoms with E-state index in [0.29, 0.717) is 5.95 Å². The Hall–Kier alpha value is -0.323. The third-order valence-electron chi connectivity index (χ3n) is 0.630. The second-order valence-corrected chi connectivity index (χ2v) is 1.06. The summed E-state index contributed by atoms with van der Waals surface area (Å²) in [6.07, 6.45) is 1.51. The molecule has 0 saturated heterocycles. The Balaban J connectivity index is 0.000000490. The van der Waals surface area contributed by atoms with Gasteiger partial charge in [0.1, 0.15) is 0 Å². The first-order chi connectivity index (χ1) is 3.43. The number of rotatable bonds is 1. The minimum atomic E-state index is 0. The third kappa shape index (κ3) is 1.65. The van der Waals surface area contributed by atoms with Crippen molar-refractivity contribution in [2.75, 3.05) is 7.11 Å². The first kappa shape index (κ1) is 7.68. The molecule has 0 fully saturated rings. The van der Waals surface area contributed by atoms with Crippen molar-refractivity contribution in [2.24, 2.45) is 0 Å². The quantitative estimate of drug-likeness (QED) is 0.306. The summed E-state index contributed by atoms with van der Waals surface area (Å²) in [5.74, 6) is 0.431. The summed E-state index contributed by atoms with van der Waals surface area (Å²) in [6, 6.07) is 4.35. The van der Waals surface area contributed by atoms with Crippen LogP contribution >= 0.6 is 0 Å². The van der Waals surface area contributed by atoms with Crippen molar-refractivity contribution in [3.05, 3.63) is 18.4 Å². The van der Waals surface area contributed by atoms with Gasteiger partial charge in [0, 0.05) is 0 Å². The normalized spacial score (nSPS) is 7.62. The molecular weight excluding hydrogens is 99.0 g/mol. The molecule has 0 N–H and O–H groups in total. The fraction of sp³-hybridized carbons (Fsp3) is 0.200. The average Bonchev–Trinajstić information content (AvgIpc) is 2.14. The van der Waals surface area contributed by atoms with E-state index in [-0.39, 0.29) is 18.9 Å². The zero-order valence-electron chi connectivity index (χ0n) is 4.97. The zero-order valence-corrected chi connectivity index (χ0v) is 4.97. The molecule has 38 valence electrons. The molecule has 2 nitrogen and oxygen atoms in total. The van der Waals surface area contributed by atoms with E-state index in [1.165, 1.54) is 13.4 Å². The van der Waals surface area contributed by atoms with Gasteiger partial charge >= 0.3 is 18.9 Å². The van der Waals surface area contributed by atoms with Gasteiger partial charge < -0.3 is 9.15 Å². The Morgan fingerprint density at radius 1 is 1.75 bits per heavy atom. The smallest absolute Gasteiger partial charge is 0.542 e. The zero-order chi connectivity index (χ0) is 5.11. The molecule has 0 aromatic carbocycles. The molecule has 1 heterocycles. The van der Waals surface area contributed by atoms with Crippen LogP contribution in [0.3, 0.4) is 0 Å². The number of hydrogen-bond donors (Lipinski definition) is 0. The fourth-order valence-corrected chi connectivity index (χ4v) is 0.339. The summed E-state index contributed by atoms with van der Waals surface area (Å²) < 4.78 is 9.34. The molecule has 0 bridgehead atoms. The van der Waals surface area contributed by atoms with E-state index in [4.69, 9.17) is 4.42 Å². The molecule has 0 amide bonds. The summed E-state index contributed by atoms with van der Waals surface area (Å²) in [5.41, 5.74) is 0. The molecule has 1 aromatic heterocycles. The third-order valence-corrected chi connectivity index (χ3v) is 0.630. The molecule has 0 unspecified atom stereocenters. The van der Waals surface area contributed by atoms with Gasteiger partial charge in [0.25, 0.3) is 0 Å². The molecule has 0 radical (unpaired) electrons. The van der Waals surface area contributed by atoms with E-state index in [0.717, 1.165) is 0 Å². The Morgan fingerprint density at radius 2 is 2.50 bits per heavy atom. The van der Waals surface area contributed by atoms with Crippen LogP contribution in [-0.2, 0) is 0 Å². The maximum absolute atomic E-state index is 4.70. The molecule has 3 heteroatoms. The first-order valence-electron chi connectivity index (χ1n) is 1.92. The van der Waals surface area contributed by atoms with E-state index in [1.807, 2.05) is 0 Å². The predicted octanol–water partition coefficient (Wildman–Crippen LogP) is -1.91. The first-order valence-corrected chi connectivity index (χ1v) is 1.92. The van der Waals surface area contributed by atoms with Crippen molar-refractivity contribution in [3.63, 3.8) is 0 Å².